The second-order valence-electron chi connectivity index (χ2n) is 7.48. The Hall–Kier alpha value is -2.89. The maximum Gasteiger partial charge on any atom is 0.258 e. The van der Waals surface area contributed by atoms with Crippen LogP contribution in [-0.2, 0) is 22.6 Å². The molecular formula is C23H29N3O3. The summed E-state index contributed by atoms with van der Waals surface area (Å²) in [7, 11) is 0. The molecule has 0 saturated carbocycles. The number of hydrogen-bond acceptors (Lipinski definition) is 5. The van der Waals surface area contributed by atoms with E-state index in [-0.39, 0.29) is 18.3 Å². The zero-order valence-electron chi connectivity index (χ0n) is 17.0. The summed E-state index contributed by atoms with van der Waals surface area (Å²) in [6, 6.07) is 11.5. The minimum Gasteiger partial charge on any atom is -0.484 e. The number of rotatable bonds is 9. The fourth-order valence-corrected chi connectivity index (χ4v) is 3.30. The van der Waals surface area contributed by atoms with Crippen molar-refractivity contribution in [2.24, 2.45) is 0 Å². The third-order valence-corrected chi connectivity index (χ3v) is 5.04. The standard InChI is InChI=1S/C23H29N3O3/c1-18(27)5-6-19-7-10-21(11-8-19)29-17-23(28)25-16-20-9-12-22(24-15-20)26-13-3-2-4-14-26/h7-12,15H,2-6,13-14,16-17H2,1H3,(H,25,28). The molecule has 2 aromatic rings. The molecule has 154 valence electrons. The number of aryl methyl sites for hydroxylation is 1. The Labute approximate surface area is 172 Å². The first-order chi connectivity index (χ1) is 14.1. The van der Waals surface area contributed by atoms with Crippen molar-refractivity contribution < 1.29 is 14.3 Å². The zero-order valence-corrected chi connectivity index (χ0v) is 17.0. The van der Waals surface area contributed by atoms with Crippen molar-refractivity contribution in [3.05, 3.63) is 53.7 Å². The molecule has 1 saturated heterocycles. The maximum atomic E-state index is 12.0. The summed E-state index contributed by atoms with van der Waals surface area (Å²) in [6.07, 6.45) is 6.83. The second-order valence-corrected chi connectivity index (χ2v) is 7.48. The first-order valence-electron chi connectivity index (χ1n) is 10.3. The highest BCUT2D eigenvalue weighted by molar-refractivity contribution is 5.77. The van der Waals surface area contributed by atoms with Gasteiger partial charge in [-0.3, -0.25) is 4.79 Å². The van der Waals surface area contributed by atoms with Crippen LogP contribution >= 0.6 is 0 Å². The summed E-state index contributed by atoms with van der Waals surface area (Å²) in [5, 5.41) is 2.86. The average molecular weight is 396 g/mol. The molecule has 6 heteroatoms. The molecule has 0 unspecified atom stereocenters. The molecule has 0 radical (unpaired) electrons. The molecule has 0 spiro atoms. The summed E-state index contributed by atoms with van der Waals surface area (Å²) in [4.78, 5) is 29.9. The van der Waals surface area contributed by atoms with Crippen LogP contribution < -0.4 is 15.0 Å². The van der Waals surface area contributed by atoms with E-state index in [0.717, 1.165) is 36.5 Å². The van der Waals surface area contributed by atoms with E-state index >= 15 is 0 Å². The van der Waals surface area contributed by atoms with E-state index in [1.54, 1.807) is 6.92 Å². The first kappa shape index (κ1) is 20.8. The molecule has 1 aromatic carbocycles. The predicted molar refractivity (Wildman–Crippen MR) is 113 cm³/mol. The summed E-state index contributed by atoms with van der Waals surface area (Å²) in [5.74, 6) is 1.65. The van der Waals surface area contributed by atoms with Crippen molar-refractivity contribution in [1.29, 1.82) is 0 Å². The van der Waals surface area contributed by atoms with Crippen LogP contribution in [0.1, 0.15) is 43.7 Å². The van der Waals surface area contributed by atoms with E-state index in [1.165, 1.54) is 19.3 Å². The molecule has 6 nitrogen and oxygen atoms in total. The number of benzene rings is 1. The maximum absolute atomic E-state index is 12.0. The Morgan fingerprint density at radius 1 is 1.03 bits per heavy atom. The third-order valence-electron chi connectivity index (χ3n) is 5.04. The molecular weight excluding hydrogens is 366 g/mol. The molecule has 1 amide bonds. The van der Waals surface area contributed by atoms with Gasteiger partial charge in [-0.15, -0.1) is 0 Å². The minimum absolute atomic E-state index is 0.0356. The highest BCUT2D eigenvalue weighted by Crippen LogP contribution is 2.17. The number of carbonyl (C=O) groups is 2. The van der Waals surface area contributed by atoms with Gasteiger partial charge in [0.1, 0.15) is 17.4 Å². The van der Waals surface area contributed by atoms with E-state index in [1.807, 2.05) is 42.6 Å². The average Bonchev–Trinajstić information content (AvgIpc) is 2.76. The molecule has 3 rings (SSSR count). The number of Topliss-reactive ketones (excluding diaryl/α,β-unsaturated/α-hetero) is 1. The summed E-state index contributed by atoms with van der Waals surface area (Å²) in [5.41, 5.74) is 2.05. The smallest absolute Gasteiger partial charge is 0.258 e. The molecule has 29 heavy (non-hydrogen) atoms. The van der Waals surface area contributed by atoms with Crippen molar-refractivity contribution in [2.75, 3.05) is 24.6 Å². The van der Waals surface area contributed by atoms with Crippen molar-refractivity contribution in [1.82, 2.24) is 10.3 Å². The number of ether oxygens (including phenoxy) is 1. The Morgan fingerprint density at radius 2 is 1.76 bits per heavy atom. The van der Waals surface area contributed by atoms with Crippen molar-refractivity contribution in [3.8, 4) is 5.75 Å². The lowest BCUT2D eigenvalue weighted by Gasteiger charge is -2.27. The quantitative estimate of drug-likeness (QED) is 0.705. The Kier molecular flexibility index (Phi) is 7.61. The molecule has 1 aliphatic heterocycles. The van der Waals surface area contributed by atoms with Gasteiger partial charge in [-0.25, -0.2) is 4.98 Å². The second kappa shape index (κ2) is 10.6. The highest BCUT2D eigenvalue weighted by atomic mass is 16.5. The van der Waals surface area contributed by atoms with Crippen LogP contribution in [0.5, 0.6) is 5.75 Å². The van der Waals surface area contributed by atoms with E-state index in [2.05, 4.69) is 15.2 Å². The van der Waals surface area contributed by atoms with Gasteiger partial charge >= 0.3 is 0 Å². The number of nitrogens with one attached hydrogen (secondary N) is 1. The number of pyridine rings is 1. The SMILES string of the molecule is CC(=O)CCc1ccc(OCC(=O)NCc2ccc(N3CCCCC3)nc2)cc1. The van der Waals surface area contributed by atoms with Crippen LogP contribution in [-0.4, -0.2) is 36.4 Å². The van der Waals surface area contributed by atoms with Gasteiger partial charge in [-0.05, 0) is 61.9 Å². The van der Waals surface area contributed by atoms with Gasteiger partial charge in [-0.1, -0.05) is 18.2 Å². The van der Waals surface area contributed by atoms with E-state index in [4.69, 9.17) is 4.74 Å². The summed E-state index contributed by atoms with van der Waals surface area (Å²) in [6.45, 7) is 4.12. The number of nitrogens with zero attached hydrogens (tertiary/aromatic N) is 2. The van der Waals surface area contributed by atoms with Crippen LogP contribution in [0.4, 0.5) is 5.82 Å². The van der Waals surface area contributed by atoms with Gasteiger partial charge in [-0.2, -0.15) is 0 Å². The Bertz CT molecular complexity index is 797. The number of piperidine rings is 1. The molecule has 1 aliphatic rings. The molecule has 1 N–H and O–H groups in total. The fraction of sp³-hybridized carbons (Fsp3) is 0.435. The number of hydrogen-bond donors (Lipinski definition) is 1. The van der Waals surface area contributed by atoms with E-state index in [9.17, 15) is 9.59 Å². The van der Waals surface area contributed by atoms with Crippen molar-refractivity contribution in [3.63, 3.8) is 0 Å². The monoisotopic (exact) mass is 395 g/mol. The Morgan fingerprint density at radius 3 is 2.41 bits per heavy atom. The molecule has 0 bridgehead atoms. The van der Waals surface area contributed by atoms with Crippen LogP contribution in [0.25, 0.3) is 0 Å². The molecule has 0 aliphatic carbocycles. The third kappa shape index (κ3) is 6.89. The van der Waals surface area contributed by atoms with Gasteiger partial charge in [0.25, 0.3) is 5.91 Å². The highest BCUT2D eigenvalue weighted by Gasteiger charge is 2.12. The van der Waals surface area contributed by atoms with Crippen LogP contribution in [0.2, 0.25) is 0 Å². The largest absolute Gasteiger partial charge is 0.484 e. The molecule has 1 fully saturated rings. The summed E-state index contributed by atoms with van der Waals surface area (Å²) >= 11 is 0. The lowest BCUT2D eigenvalue weighted by atomic mass is 10.1. The number of amides is 1. The fourth-order valence-electron chi connectivity index (χ4n) is 3.30. The topological polar surface area (TPSA) is 71.5 Å². The van der Waals surface area contributed by atoms with Gasteiger partial charge in [0.2, 0.25) is 0 Å². The van der Waals surface area contributed by atoms with Gasteiger partial charge in [0.15, 0.2) is 6.61 Å². The van der Waals surface area contributed by atoms with Crippen molar-refractivity contribution in [2.45, 2.75) is 45.6 Å². The number of ketones is 1. The molecule has 2 heterocycles. The van der Waals surface area contributed by atoms with Gasteiger partial charge in [0, 0.05) is 32.3 Å². The van der Waals surface area contributed by atoms with Crippen LogP contribution in [0, 0.1) is 0 Å². The number of anilines is 1. The zero-order chi connectivity index (χ0) is 20.5. The van der Waals surface area contributed by atoms with Gasteiger partial charge in [0.05, 0.1) is 0 Å². The molecule has 1 aromatic heterocycles. The number of aromatic nitrogens is 1. The Balaban J connectivity index is 1.39. The lowest BCUT2D eigenvalue weighted by Crippen LogP contribution is -2.30. The lowest BCUT2D eigenvalue weighted by molar-refractivity contribution is -0.123. The van der Waals surface area contributed by atoms with Crippen molar-refractivity contribution >= 4 is 17.5 Å². The normalized spacial score (nSPS) is 13.8. The molecule has 0 atom stereocenters. The van der Waals surface area contributed by atoms with Crippen LogP contribution in [0.3, 0.4) is 0 Å². The predicted octanol–water partition coefficient (Wildman–Crippen LogP) is 3.29. The first-order valence-corrected chi connectivity index (χ1v) is 10.3. The van der Waals surface area contributed by atoms with Gasteiger partial charge < -0.3 is 19.7 Å². The minimum atomic E-state index is -0.175. The summed E-state index contributed by atoms with van der Waals surface area (Å²) < 4.78 is 5.53. The number of carbonyl (C=O) groups excluding carboxylic acids is 2. The van der Waals surface area contributed by atoms with E-state index < -0.39 is 0 Å². The van der Waals surface area contributed by atoms with Crippen LogP contribution in [0.15, 0.2) is 42.6 Å². The van der Waals surface area contributed by atoms with E-state index in [0.29, 0.717) is 18.7 Å².